The Morgan fingerprint density at radius 2 is 1.70 bits per heavy atom. The Morgan fingerprint density at radius 3 is 2.43 bits per heavy atom. The first-order valence-corrected chi connectivity index (χ1v) is 14.4. The van der Waals surface area contributed by atoms with Crippen LogP contribution < -0.4 is 10.9 Å². The number of carbonyl (C=O) groups excluding carboxylic acids is 2. The molecule has 2 amide bonds. The third kappa shape index (κ3) is 3.96. The van der Waals surface area contributed by atoms with Crippen LogP contribution in [0.2, 0.25) is 0 Å². The van der Waals surface area contributed by atoms with Gasteiger partial charge in [-0.15, -0.1) is 0 Å². The molecule has 2 fully saturated rings. The summed E-state index contributed by atoms with van der Waals surface area (Å²) in [6, 6.07) is 20.8. The lowest BCUT2D eigenvalue weighted by molar-refractivity contribution is -0.151. The average Bonchev–Trinajstić information content (AvgIpc) is 3.72. The summed E-state index contributed by atoms with van der Waals surface area (Å²) in [6.45, 7) is 1.67. The van der Waals surface area contributed by atoms with Crippen LogP contribution in [0.3, 0.4) is 0 Å². The third-order valence-corrected chi connectivity index (χ3v) is 9.23. The van der Waals surface area contributed by atoms with Crippen LogP contribution in [0, 0.1) is 18.8 Å². The molecule has 5 heterocycles. The van der Waals surface area contributed by atoms with Crippen molar-refractivity contribution in [1.82, 2.24) is 29.5 Å². The Hall–Kier alpha value is -5.29. The summed E-state index contributed by atoms with van der Waals surface area (Å²) in [5, 5.41) is 15.0. The molecule has 222 valence electrons. The largest absolute Gasteiger partial charge is 0.480 e. The van der Waals surface area contributed by atoms with Crippen LogP contribution >= 0.6 is 0 Å². The molecule has 2 aliphatic heterocycles. The second-order valence-corrected chi connectivity index (χ2v) is 11.5. The van der Waals surface area contributed by atoms with Gasteiger partial charge in [0.15, 0.2) is 0 Å². The molecule has 3 aromatic heterocycles. The lowest BCUT2D eigenvalue weighted by atomic mass is 9.76. The number of amides is 2. The molecule has 4 atom stereocenters. The second-order valence-electron chi connectivity index (χ2n) is 11.5. The molecule has 0 aliphatic carbocycles. The second kappa shape index (κ2) is 10.2. The number of hydrogen-bond acceptors (Lipinski definition) is 6. The number of fused-ring (bicyclic) bond motifs is 2. The van der Waals surface area contributed by atoms with E-state index in [9.17, 15) is 24.3 Å². The van der Waals surface area contributed by atoms with Crippen LogP contribution in [0.25, 0.3) is 16.6 Å². The van der Waals surface area contributed by atoms with Crippen molar-refractivity contribution in [3.05, 3.63) is 118 Å². The molecule has 2 aliphatic rings. The molecule has 44 heavy (non-hydrogen) atoms. The summed E-state index contributed by atoms with van der Waals surface area (Å²) in [4.78, 5) is 64.6. The fraction of sp³-hybridized carbons (Fsp3) is 0.242. The number of aromatic amines is 1. The highest BCUT2D eigenvalue weighted by Crippen LogP contribution is 2.50. The maximum Gasteiger partial charge on any atom is 0.325 e. The number of pyridine rings is 1. The van der Waals surface area contributed by atoms with Gasteiger partial charge in [0.25, 0.3) is 5.56 Å². The number of rotatable bonds is 7. The van der Waals surface area contributed by atoms with Crippen LogP contribution in [-0.2, 0) is 34.4 Å². The molecule has 11 heteroatoms. The van der Waals surface area contributed by atoms with E-state index in [0.29, 0.717) is 22.6 Å². The normalized spacial score (nSPS) is 23.0. The van der Waals surface area contributed by atoms with E-state index in [4.69, 9.17) is 0 Å². The van der Waals surface area contributed by atoms with Gasteiger partial charge >= 0.3 is 5.97 Å². The summed E-state index contributed by atoms with van der Waals surface area (Å²) >= 11 is 0. The van der Waals surface area contributed by atoms with Crippen molar-refractivity contribution in [2.75, 3.05) is 0 Å². The van der Waals surface area contributed by atoms with Crippen molar-refractivity contribution in [1.29, 1.82) is 0 Å². The highest BCUT2D eigenvalue weighted by Gasteiger charge is 2.69. The molecule has 7 rings (SSSR count). The number of aliphatic carboxylic acids is 1. The molecular formula is C33H30N6O5. The van der Waals surface area contributed by atoms with Crippen molar-refractivity contribution in [3.63, 3.8) is 0 Å². The van der Waals surface area contributed by atoms with Crippen molar-refractivity contribution in [2.45, 2.75) is 31.5 Å². The SMILES string of the molecule is Cc1c(C2NC(Cc3c[nH]c4ccccc34)(C(=O)O)C3C(=O)N(Cc4ccccn4)C(=O)C23)c(=O)n(-c2ccccc2)n1C. The van der Waals surface area contributed by atoms with E-state index < -0.39 is 41.2 Å². The molecule has 0 spiro atoms. The number of nitrogens with zero attached hydrogens (tertiary/aromatic N) is 4. The predicted molar refractivity (Wildman–Crippen MR) is 161 cm³/mol. The zero-order valence-corrected chi connectivity index (χ0v) is 24.1. The molecule has 3 N–H and O–H groups in total. The Kier molecular flexibility index (Phi) is 6.36. The summed E-state index contributed by atoms with van der Waals surface area (Å²) < 4.78 is 3.19. The maximum atomic E-state index is 14.2. The number of benzene rings is 2. The van der Waals surface area contributed by atoms with Gasteiger partial charge in [-0.25, -0.2) is 4.68 Å². The molecule has 0 saturated carbocycles. The number of H-pyrrole nitrogens is 1. The van der Waals surface area contributed by atoms with Gasteiger partial charge in [-0.3, -0.25) is 39.1 Å². The van der Waals surface area contributed by atoms with Gasteiger partial charge in [-0.1, -0.05) is 42.5 Å². The minimum Gasteiger partial charge on any atom is -0.480 e. The number of carboxylic acids is 1. The zero-order chi connectivity index (χ0) is 30.7. The Balaban J connectivity index is 1.40. The number of likely N-dealkylation sites (tertiary alicyclic amines) is 1. The number of carbonyl (C=O) groups is 3. The first-order valence-electron chi connectivity index (χ1n) is 14.4. The lowest BCUT2D eigenvalue weighted by Crippen LogP contribution is -2.57. The molecule has 4 unspecified atom stereocenters. The van der Waals surface area contributed by atoms with E-state index in [1.807, 2.05) is 42.5 Å². The summed E-state index contributed by atoms with van der Waals surface area (Å²) in [5.74, 6) is -4.78. The van der Waals surface area contributed by atoms with E-state index in [0.717, 1.165) is 15.8 Å². The van der Waals surface area contributed by atoms with Crippen LogP contribution in [0.15, 0.2) is 90.0 Å². The summed E-state index contributed by atoms with van der Waals surface area (Å²) in [6.07, 6.45) is 3.23. The number of carboxylic acid groups (broad SMARTS) is 1. The van der Waals surface area contributed by atoms with Crippen LogP contribution in [-0.4, -0.2) is 52.7 Å². The van der Waals surface area contributed by atoms with Crippen molar-refractivity contribution < 1.29 is 19.5 Å². The van der Waals surface area contributed by atoms with Gasteiger partial charge in [0.1, 0.15) is 5.54 Å². The standard InChI is InChI=1S/C33H30N6O5/c1-19-25(30(41)39(37(19)2)22-11-4-3-5-12-22)28-26-27(31(42)38(29(26)40)18-21-10-8-9-15-34-21)33(36-28,32(43)44)16-20-17-35-24-14-7-6-13-23(20)24/h3-15,17,26-28,35-36H,16,18H2,1-2H3,(H,43,44). The number of hydrogen-bond donors (Lipinski definition) is 3. The topological polar surface area (TPSA) is 142 Å². The number of para-hydroxylation sites is 2. The van der Waals surface area contributed by atoms with Crippen LogP contribution in [0.4, 0.5) is 0 Å². The monoisotopic (exact) mass is 590 g/mol. The number of aromatic nitrogens is 4. The Bertz CT molecular complexity index is 2000. The smallest absolute Gasteiger partial charge is 0.325 e. The van der Waals surface area contributed by atoms with Gasteiger partial charge < -0.3 is 10.1 Å². The average molecular weight is 591 g/mol. The van der Waals surface area contributed by atoms with E-state index in [1.165, 1.54) is 4.68 Å². The fourth-order valence-electron chi connectivity index (χ4n) is 7.08. The van der Waals surface area contributed by atoms with Gasteiger partial charge in [0.2, 0.25) is 11.8 Å². The van der Waals surface area contributed by atoms with Gasteiger partial charge in [-0.05, 0) is 42.8 Å². The lowest BCUT2D eigenvalue weighted by Gasteiger charge is -2.31. The predicted octanol–water partition coefficient (Wildman–Crippen LogP) is 2.87. The van der Waals surface area contributed by atoms with Crippen molar-refractivity contribution in [2.24, 2.45) is 18.9 Å². The Morgan fingerprint density at radius 1 is 0.977 bits per heavy atom. The summed E-state index contributed by atoms with van der Waals surface area (Å²) in [7, 11) is 1.74. The number of nitrogens with one attached hydrogen (secondary N) is 2. The number of imide groups is 1. The molecule has 5 aromatic rings. The first kappa shape index (κ1) is 27.5. The first-order chi connectivity index (χ1) is 21.2. The molecule has 11 nitrogen and oxygen atoms in total. The van der Waals surface area contributed by atoms with Gasteiger partial charge in [-0.2, -0.15) is 0 Å². The van der Waals surface area contributed by atoms with Crippen LogP contribution in [0.1, 0.15) is 28.6 Å². The molecule has 2 aromatic carbocycles. The minimum atomic E-state index is -1.88. The molecule has 0 bridgehead atoms. The highest BCUT2D eigenvalue weighted by molar-refractivity contribution is 6.09. The van der Waals surface area contributed by atoms with Gasteiger partial charge in [0, 0.05) is 42.5 Å². The Labute approximate surface area is 251 Å². The maximum absolute atomic E-state index is 14.2. The fourth-order valence-corrected chi connectivity index (χ4v) is 7.08. The van der Waals surface area contributed by atoms with Crippen molar-refractivity contribution in [3.8, 4) is 5.69 Å². The quantitative estimate of drug-likeness (QED) is 0.248. The highest BCUT2D eigenvalue weighted by atomic mass is 16.4. The molecule has 0 radical (unpaired) electrons. The van der Waals surface area contributed by atoms with Crippen LogP contribution in [0.5, 0.6) is 0 Å². The third-order valence-electron chi connectivity index (χ3n) is 9.23. The van der Waals surface area contributed by atoms with Gasteiger partial charge in [0.05, 0.1) is 41.4 Å². The van der Waals surface area contributed by atoms with Crippen molar-refractivity contribution >= 4 is 28.7 Å². The van der Waals surface area contributed by atoms with E-state index >= 15 is 0 Å². The van der Waals surface area contributed by atoms with E-state index in [2.05, 4.69) is 15.3 Å². The van der Waals surface area contributed by atoms with E-state index in [-0.39, 0.29) is 24.1 Å². The molecular weight excluding hydrogens is 560 g/mol. The van der Waals surface area contributed by atoms with E-state index in [1.54, 1.807) is 61.4 Å². The molecule has 2 saturated heterocycles. The summed E-state index contributed by atoms with van der Waals surface area (Å²) in [5.41, 5.74) is 1.19. The zero-order valence-electron chi connectivity index (χ0n) is 24.1. The minimum absolute atomic E-state index is 0.0841.